The highest BCUT2D eigenvalue weighted by Gasteiger charge is 2.55. The number of esters is 2. The largest absolute Gasteiger partial charge is 0.461 e. The highest BCUT2D eigenvalue weighted by atomic mass is 32.2. The first-order chi connectivity index (χ1) is 18.5. The number of hydrogen-bond acceptors (Lipinski definition) is 12. The van der Waals surface area contributed by atoms with Gasteiger partial charge < -0.3 is 29.0 Å². The normalized spacial score (nSPS) is 22.1. The molecule has 3 aliphatic heterocycles. The summed E-state index contributed by atoms with van der Waals surface area (Å²) in [4.78, 5) is 51.0. The third-order valence-corrected chi connectivity index (χ3v) is 7.01. The van der Waals surface area contributed by atoms with Gasteiger partial charge in [0.2, 0.25) is 0 Å². The Balaban J connectivity index is 1.31. The van der Waals surface area contributed by atoms with Crippen LogP contribution in [-0.4, -0.2) is 99.1 Å². The number of fused-ring (bicyclic) bond motifs is 1. The van der Waals surface area contributed by atoms with Crippen LogP contribution in [0.5, 0.6) is 0 Å². The number of ether oxygens (including phenoxy) is 5. The average molecular weight is 568 g/mol. The van der Waals surface area contributed by atoms with E-state index in [1.165, 1.54) is 23.6 Å². The summed E-state index contributed by atoms with van der Waals surface area (Å²) in [6.07, 6.45) is 1.66. The van der Waals surface area contributed by atoms with Crippen molar-refractivity contribution < 1.29 is 42.9 Å². The van der Waals surface area contributed by atoms with Crippen molar-refractivity contribution in [2.75, 3.05) is 32.2 Å². The fraction of sp³-hybridized carbons (Fsp3) is 0.667. The Labute approximate surface area is 229 Å². The van der Waals surface area contributed by atoms with E-state index < -0.39 is 41.0 Å². The third kappa shape index (κ3) is 7.92. The molecule has 2 fully saturated rings. The summed E-state index contributed by atoms with van der Waals surface area (Å²) in [6, 6.07) is -0.856. The maximum atomic E-state index is 13.1. The van der Waals surface area contributed by atoms with Crippen molar-refractivity contribution in [2.45, 2.75) is 70.4 Å². The number of carbonyl (C=O) groups excluding carboxylic acids is 4. The summed E-state index contributed by atoms with van der Waals surface area (Å²) in [5, 5.41) is 10.2. The lowest BCUT2D eigenvalue weighted by molar-refractivity contribution is -0.152. The Morgan fingerprint density at radius 3 is 2.69 bits per heavy atom. The first kappa shape index (κ1) is 28.8. The molecule has 2 saturated heterocycles. The Kier molecular flexibility index (Phi) is 9.12. The van der Waals surface area contributed by atoms with Crippen LogP contribution in [0.1, 0.15) is 39.8 Å². The van der Waals surface area contributed by atoms with Crippen molar-refractivity contribution in [1.82, 2.24) is 25.2 Å². The Hall–Kier alpha value is -3.17. The van der Waals surface area contributed by atoms with Crippen molar-refractivity contribution >= 4 is 35.7 Å². The highest BCUT2D eigenvalue weighted by Crippen LogP contribution is 2.40. The zero-order valence-electron chi connectivity index (χ0n) is 22.3. The number of amides is 2. The second kappa shape index (κ2) is 12.3. The molecule has 1 aromatic rings. The zero-order chi connectivity index (χ0) is 28.2. The fourth-order valence-electron chi connectivity index (χ4n) is 3.84. The smallest absolute Gasteiger partial charge is 0.408 e. The maximum Gasteiger partial charge on any atom is 0.408 e. The zero-order valence-corrected chi connectivity index (χ0v) is 23.2. The number of aromatic nitrogens is 3. The minimum atomic E-state index is -0.856. The number of β-lactam (4-membered cyclic amide) rings is 1. The number of hydrogen-bond donors (Lipinski definition) is 1. The predicted molar refractivity (Wildman–Crippen MR) is 135 cm³/mol. The lowest BCUT2D eigenvalue weighted by atomic mass is 10.0. The molecule has 1 unspecified atom stereocenters. The van der Waals surface area contributed by atoms with Gasteiger partial charge in [0.05, 0.1) is 32.6 Å². The van der Waals surface area contributed by atoms with Gasteiger partial charge in [0.1, 0.15) is 41.1 Å². The van der Waals surface area contributed by atoms with Gasteiger partial charge in [-0.3, -0.25) is 19.2 Å². The molecule has 0 aliphatic carbocycles. The number of rotatable bonds is 12. The lowest BCUT2D eigenvalue weighted by Crippen LogP contribution is -2.70. The molecule has 214 valence electrons. The van der Waals surface area contributed by atoms with E-state index in [2.05, 4.69) is 15.6 Å². The second-order valence-corrected chi connectivity index (χ2v) is 11.3. The van der Waals surface area contributed by atoms with Crippen LogP contribution in [0.4, 0.5) is 4.79 Å². The molecule has 15 heteroatoms. The molecule has 0 spiro atoms. The third-order valence-electron chi connectivity index (χ3n) is 5.67. The number of nitrogens with one attached hydrogen (secondary N) is 1. The van der Waals surface area contributed by atoms with E-state index in [0.29, 0.717) is 43.2 Å². The minimum Gasteiger partial charge on any atom is -0.461 e. The van der Waals surface area contributed by atoms with E-state index >= 15 is 0 Å². The van der Waals surface area contributed by atoms with E-state index in [1.54, 1.807) is 31.6 Å². The maximum absolute atomic E-state index is 13.1. The molecule has 0 aromatic carbocycles. The molecule has 4 heterocycles. The topological polar surface area (TPSA) is 164 Å². The van der Waals surface area contributed by atoms with Gasteiger partial charge >= 0.3 is 18.0 Å². The van der Waals surface area contributed by atoms with Crippen molar-refractivity contribution in [2.24, 2.45) is 0 Å². The quantitative estimate of drug-likeness (QED) is 0.124. The number of nitrogens with zero attached hydrogens (tertiary/aromatic N) is 4. The average Bonchev–Trinajstić information content (AvgIpc) is 3.58. The predicted octanol–water partition coefficient (Wildman–Crippen LogP) is 0.752. The van der Waals surface area contributed by atoms with Gasteiger partial charge in [-0.25, -0.2) is 9.59 Å². The van der Waals surface area contributed by atoms with Crippen LogP contribution in [0.2, 0.25) is 0 Å². The molecule has 3 atom stereocenters. The molecular formula is C24H33N5O9S. The first-order valence-electron chi connectivity index (χ1n) is 12.6. The van der Waals surface area contributed by atoms with Crippen molar-refractivity contribution in [3.05, 3.63) is 23.2 Å². The monoisotopic (exact) mass is 567 g/mol. The molecule has 2 amide bonds. The van der Waals surface area contributed by atoms with Crippen LogP contribution >= 0.6 is 11.8 Å². The van der Waals surface area contributed by atoms with Crippen LogP contribution < -0.4 is 5.32 Å². The van der Waals surface area contributed by atoms with Crippen LogP contribution in [0, 0.1) is 0 Å². The van der Waals surface area contributed by atoms with Gasteiger partial charge in [-0.2, -0.15) is 0 Å². The Bertz CT molecular complexity index is 1130. The number of alkyl carbamates (subject to hydrolysis) is 1. The summed E-state index contributed by atoms with van der Waals surface area (Å²) in [6.45, 7) is 8.37. The van der Waals surface area contributed by atoms with Crippen molar-refractivity contribution in [3.8, 4) is 0 Å². The standard InChI is InChI=1S/C24H33N5O9S/c1-14(30)36-9-15-13-39-21-18(25-23(33)38-24(2,3)4)20(31)29(21)19(15)22(32)35-7-5-6-28-8-16(26-27-28)10-34-11-17-12-37-17/h8,17-18,21H,5-7,9-13H2,1-4H3,(H,25,33)/t17?,18-,21-/m1/s1. The molecular weight excluding hydrogens is 534 g/mol. The van der Waals surface area contributed by atoms with E-state index in [9.17, 15) is 19.2 Å². The molecule has 0 radical (unpaired) electrons. The summed E-state index contributed by atoms with van der Waals surface area (Å²) in [5.74, 6) is -1.38. The van der Waals surface area contributed by atoms with E-state index in [1.807, 2.05) is 0 Å². The van der Waals surface area contributed by atoms with Gasteiger partial charge in [-0.1, -0.05) is 5.21 Å². The van der Waals surface area contributed by atoms with Crippen molar-refractivity contribution in [1.29, 1.82) is 0 Å². The molecule has 39 heavy (non-hydrogen) atoms. The molecule has 4 rings (SSSR count). The first-order valence-corrected chi connectivity index (χ1v) is 13.6. The number of carbonyl (C=O) groups is 4. The Morgan fingerprint density at radius 1 is 1.23 bits per heavy atom. The molecule has 0 bridgehead atoms. The molecule has 0 saturated carbocycles. The summed E-state index contributed by atoms with van der Waals surface area (Å²) < 4.78 is 28.0. The number of epoxide rings is 1. The molecule has 1 aromatic heterocycles. The fourth-order valence-corrected chi connectivity index (χ4v) is 5.17. The highest BCUT2D eigenvalue weighted by molar-refractivity contribution is 8.00. The SMILES string of the molecule is CC(=O)OCC1=C(C(=O)OCCCn2cc(COCC3CO3)nn2)N2C(=O)[C@@H](NC(=O)OC(C)(C)C)[C@H]2SC1. The molecule has 14 nitrogen and oxygen atoms in total. The van der Waals surface area contributed by atoms with Crippen LogP contribution in [-0.2, 0) is 51.2 Å². The summed E-state index contributed by atoms with van der Waals surface area (Å²) in [5.41, 5.74) is 0.449. The summed E-state index contributed by atoms with van der Waals surface area (Å²) >= 11 is 1.35. The minimum absolute atomic E-state index is 0.0343. The van der Waals surface area contributed by atoms with Gasteiger partial charge in [0.15, 0.2) is 0 Å². The van der Waals surface area contributed by atoms with Gasteiger partial charge in [0, 0.05) is 31.2 Å². The van der Waals surface area contributed by atoms with Gasteiger partial charge in [-0.05, 0) is 20.8 Å². The van der Waals surface area contributed by atoms with Crippen LogP contribution in [0.25, 0.3) is 0 Å². The lowest BCUT2D eigenvalue weighted by Gasteiger charge is -2.49. The van der Waals surface area contributed by atoms with Gasteiger partial charge in [0.25, 0.3) is 5.91 Å². The number of aryl methyl sites for hydroxylation is 1. The molecule has 3 aliphatic rings. The van der Waals surface area contributed by atoms with E-state index in [-0.39, 0.29) is 25.0 Å². The van der Waals surface area contributed by atoms with Crippen molar-refractivity contribution in [3.63, 3.8) is 0 Å². The Morgan fingerprint density at radius 2 is 2.00 bits per heavy atom. The van der Waals surface area contributed by atoms with E-state index in [0.717, 1.165) is 6.61 Å². The van der Waals surface area contributed by atoms with Gasteiger partial charge in [-0.15, -0.1) is 16.9 Å². The summed E-state index contributed by atoms with van der Waals surface area (Å²) in [7, 11) is 0. The number of thioether (sulfide) groups is 1. The molecule has 1 N–H and O–H groups in total. The van der Waals surface area contributed by atoms with Crippen LogP contribution in [0.3, 0.4) is 0 Å². The van der Waals surface area contributed by atoms with Crippen LogP contribution in [0.15, 0.2) is 17.5 Å². The van der Waals surface area contributed by atoms with E-state index in [4.69, 9.17) is 23.7 Å². The second-order valence-electron chi connectivity index (χ2n) is 10.2.